The monoisotopic (exact) mass is 449 g/mol. The fourth-order valence-electron chi connectivity index (χ4n) is 4.48. The molecule has 3 unspecified atom stereocenters. The van der Waals surface area contributed by atoms with Gasteiger partial charge in [0.1, 0.15) is 0 Å². The van der Waals surface area contributed by atoms with Crippen molar-refractivity contribution in [3.8, 4) is 0 Å². The maximum atomic E-state index is 12.8. The summed E-state index contributed by atoms with van der Waals surface area (Å²) in [6, 6.07) is 15.1. The summed E-state index contributed by atoms with van der Waals surface area (Å²) >= 11 is 0. The number of aryl methyl sites for hydroxylation is 1. The number of amides is 3. The molecule has 0 aromatic heterocycles. The van der Waals surface area contributed by atoms with Gasteiger partial charge < -0.3 is 19.9 Å². The number of nitrogens with one attached hydrogen (secondary N) is 1. The van der Waals surface area contributed by atoms with Crippen LogP contribution in [0.1, 0.15) is 41.8 Å². The molecule has 174 valence electrons. The zero-order chi connectivity index (χ0) is 23.5. The molecule has 0 saturated carbocycles. The molecule has 4 rings (SSSR count). The van der Waals surface area contributed by atoms with Gasteiger partial charge in [-0.15, -0.1) is 0 Å². The number of ether oxygens (including phenoxy) is 1. The Balaban J connectivity index is 1.30. The fourth-order valence-corrected chi connectivity index (χ4v) is 4.48. The number of carbonyl (C=O) groups excluding carboxylic acids is 3. The Bertz CT molecular complexity index is 1010. The van der Waals surface area contributed by atoms with E-state index in [2.05, 4.69) is 5.32 Å². The molecule has 2 aromatic rings. The minimum Gasteiger partial charge on any atom is -0.372 e. The van der Waals surface area contributed by atoms with E-state index in [1.165, 1.54) is 0 Å². The number of hydrogen-bond acceptors (Lipinski definition) is 4. The van der Waals surface area contributed by atoms with E-state index in [0.717, 1.165) is 16.8 Å². The van der Waals surface area contributed by atoms with Crippen molar-refractivity contribution in [3.05, 3.63) is 65.2 Å². The van der Waals surface area contributed by atoms with Crippen LogP contribution < -0.4 is 10.2 Å². The van der Waals surface area contributed by atoms with Crippen molar-refractivity contribution in [1.82, 2.24) is 10.2 Å². The zero-order valence-corrected chi connectivity index (χ0v) is 19.4. The largest absolute Gasteiger partial charge is 0.372 e. The third-order valence-corrected chi connectivity index (χ3v) is 6.22. The lowest BCUT2D eigenvalue weighted by Gasteiger charge is -2.35. The van der Waals surface area contributed by atoms with Crippen LogP contribution in [0.4, 0.5) is 5.69 Å². The highest BCUT2D eigenvalue weighted by atomic mass is 16.5. The van der Waals surface area contributed by atoms with Gasteiger partial charge in [-0.3, -0.25) is 14.4 Å². The molecule has 0 bridgehead atoms. The van der Waals surface area contributed by atoms with E-state index in [0.29, 0.717) is 31.7 Å². The molecule has 0 aliphatic carbocycles. The van der Waals surface area contributed by atoms with Crippen LogP contribution in [0.2, 0.25) is 0 Å². The van der Waals surface area contributed by atoms with Gasteiger partial charge >= 0.3 is 0 Å². The molecule has 2 aliphatic heterocycles. The molecule has 2 fully saturated rings. The predicted molar refractivity (Wildman–Crippen MR) is 126 cm³/mol. The van der Waals surface area contributed by atoms with Gasteiger partial charge in [-0.1, -0.05) is 29.8 Å². The number of carbonyl (C=O) groups is 3. The van der Waals surface area contributed by atoms with Crippen molar-refractivity contribution < 1.29 is 19.1 Å². The summed E-state index contributed by atoms with van der Waals surface area (Å²) in [5.41, 5.74) is 3.48. The molecule has 33 heavy (non-hydrogen) atoms. The Morgan fingerprint density at radius 1 is 0.970 bits per heavy atom. The highest BCUT2D eigenvalue weighted by molar-refractivity contribution is 6.00. The first-order valence-electron chi connectivity index (χ1n) is 11.5. The summed E-state index contributed by atoms with van der Waals surface area (Å²) < 4.78 is 5.70. The highest BCUT2D eigenvalue weighted by Gasteiger charge is 2.35. The Hall–Kier alpha value is -3.19. The molecule has 2 saturated heterocycles. The molecular weight excluding hydrogens is 418 g/mol. The SMILES string of the molecule is Cc1ccc(N2CC(C(=O)NCc3ccc(C(=O)N4CC(C)OC(C)C4)cc3)CC2=O)cc1. The van der Waals surface area contributed by atoms with Crippen molar-refractivity contribution in [2.24, 2.45) is 5.92 Å². The zero-order valence-electron chi connectivity index (χ0n) is 19.4. The van der Waals surface area contributed by atoms with E-state index in [9.17, 15) is 14.4 Å². The van der Waals surface area contributed by atoms with Crippen molar-refractivity contribution in [2.45, 2.75) is 45.9 Å². The quantitative estimate of drug-likeness (QED) is 0.761. The highest BCUT2D eigenvalue weighted by Crippen LogP contribution is 2.25. The van der Waals surface area contributed by atoms with Crippen LogP contribution in [0.3, 0.4) is 0 Å². The molecule has 2 aromatic carbocycles. The standard InChI is InChI=1S/C26H31N3O4/c1-17-4-10-23(11-5-17)29-16-22(12-24(29)30)25(31)27-13-20-6-8-21(9-7-20)26(32)28-14-18(2)33-19(3)15-28/h4-11,18-19,22H,12-16H2,1-3H3,(H,27,31). The normalized spacial score (nSPS) is 23.0. The van der Waals surface area contributed by atoms with E-state index in [1.54, 1.807) is 17.0 Å². The Kier molecular flexibility index (Phi) is 6.79. The van der Waals surface area contributed by atoms with Gasteiger partial charge in [-0.2, -0.15) is 0 Å². The van der Waals surface area contributed by atoms with Crippen LogP contribution in [0.5, 0.6) is 0 Å². The molecule has 7 heteroatoms. The predicted octanol–water partition coefficient (Wildman–Crippen LogP) is 2.91. The first-order valence-corrected chi connectivity index (χ1v) is 11.5. The summed E-state index contributed by atoms with van der Waals surface area (Å²) in [6.07, 6.45) is 0.261. The van der Waals surface area contributed by atoms with Crippen molar-refractivity contribution in [2.75, 3.05) is 24.5 Å². The lowest BCUT2D eigenvalue weighted by molar-refractivity contribution is -0.126. The molecule has 3 amide bonds. The minimum atomic E-state index is -0.370. The molecule has 0 radical (unpaired) electrons. The van der Waals surface area contributed by atoms with Crippen LogP contribution in [0.25, 0.3) is 0 Å². The molecule has 0 spiro atoms. The third-order valence-electron chi connectivity index (χ3n) is 6.22. The second kappa shape index (κ2) is 9.75. The third kappa shape index (κ3) is 5.42. The van der Waals surface area contributed by atoms with E-state index in [4.69, 9.17) is 4.74 Å². The second-order valence-corrected chi connectivity index (χ2v) is 9.12. The van der Waals surface area contributed by atoms with E-state index in [-0.39, 0.29) is 42.3 Å². The van der Waals surface area contributed by atoms with Crippen LogP contribution in [-0.4, -0.2) is 54.5 Å². The van der Waals surface area contributed by atoms with Gasteiger partial charge in [-0.05, 0) is 50.6 Å². The molecule has 1 N–H and O–H groups in total. The maximum absolute atomic E-state index is 12.8. The number of nitrogens with zero attached hydrogens (tertiary/aromatic N) is 2. The topological polar surface area (TPSA) is 79.0 Å². The summed E-state index contributed by atoms with van der Waals surface area (Å²) in [7, 11) is 0. The lowest BCUT2D eigenvalue weighted by Crippen LogP contribution is -2.48. The second-order valence-electron chi connectivity index (χ2n) is 9.12. The average Bonchev–Trinajstić information content (AvgIpc) is 3.19. The van der Waals surface area contributed by atoms with Crippen molar-refractivity contribution in [1.29, 1.82) is 0 Å². The maximum Gasteiger partial charge on any atom is 0.254 e. The van der Waals surface area contributed by atoms with Gasteiger partial charge in [0.25, 0.3) is 5.91 Å². The Morgan fingerprint density at radius 3 is 2.24 bits per heavy atom. The van der Waals surface area contributed by atoms with Gasteiger partial charge in [0, 0.05) is 43.9 Å². The Labute approximate surface area is 194 Å². The summed E-state index contributed by atoms with van der Waals surface area (Å²) in [5, 5.41) is 2.94. The first kappa shape index (κ1) is 23.0. The fraction of sp³-hybridized carbons (Fsp3) is 0.423. The molecule has 7 nitrogen and oxygen atoms in total. The van der Waals surface area contributed by atoms with E-state index >= 15 is 0 Å². The van der Waals surface area contributed by atoms with E-state index < -0.39 is 0 Å². The van der Waals surface area contributed by atoms with Gasteiger partial charge in [0.05, 0.1) is 18.1 Å². The molecular formula is C26H31N3O4. The summed E-state index contributed by atoms with van der Waals surface area (Å²) in [5.74, 6) is -0.541. The van der Waals surface area contributed by atoms with Gasteiger partial charge in [-0.25, -0.2) is 0 Å². The number of benzene rings is 2. The van der Waals surface area contributed by atoms with Gasteiger partial charge in [0.2, 0.25) is 11.8 Å². The molecule has 3 atom stereocenters. The smallest absolute Gasteiger partial charge is 0.254 e. The lowest BCUT2D eigenvalue weighted by atomic mass is 10.1. The van der Waals surface area contributed by atoms with Crippen LogP contribution >= 0.6 is 0 Å². The van der Waals surface area contributed by atoms with Crippen LogP contribution in [0.15, 0.2) is 48.5 Å². The number of hydrogen-bond donors (Lipinski definition) is 1. The number of anilines is 1. The Morgan fingerprint density at radius 2 is 1.61 bits per heavy atom. The summed E-state index contributed by atoms with van der Waals surface area (Å²) in [6.45, 7) is 7.85. The van der Waals surface area contributed by atoms with Gasteiger partial charge in [0.15, 0.2) is 0 Å². The number of rotatable bonds is 5. The first-order chi connectivity index (χ1) is 15.8. The molecule has 2 heterocycles. The van der Waals surface area contributed by atoms with E-state index in [1.807, 2.05) is 62.1 Å². The minimum absolute atomic E-state index is 0.00625. The van der Waals surface area contributed by atoms with Crippen molar-refractivity contribution in [3.63, 3.8) is 0 Å². The van der Waals surface area contributed by atoms with Crippen LogP contribution in [0, 0.1) is 12.8 Å². The summed E-state index contributed by atoms with van der Waals surface area (Å²) in [4.78, 5) is 41.4. The average molecular weight is 450 g/mol. The van der Waals surface area contributed by atoms with Crippen molar-refractivity contribution >= 4 is 23.4 Å². The molecule has 2 aliphatic rings. The van der Waals surface area contributed by atoms with Crippen LogP contribution in [-0.2, 0) is 20.9 Å². The number of morpholine rings is 1.